The highest BCUT2D eigenvalue weighted by Gasteiger charge is 2.13. The van der Waals surface area contributed by atoms with Crippen molar-refractivity contribution in [1.82, 2.24) is 0 Å². The van der Waals surface area contributed by atoms with Gasteiger partial charge >= 0.3 is 0 Å². The van der Waals surface area contributed by atoms with Crippen LogP contribution in [0, 0.1) is 13.8 Å². The number of hydrogen-bond donors (Lipinski definition) is 2. The molecule has 1 aromatic carbocycles. The number of aliphatic hydroxyl groups is 1. The minimum atomic E-state index is -1.04. The molecular weight excluding hydrogens is 206 g/mol. The fraction of sp³-hybridized carbons (Fsp3) is 0.417. The smallest absolute Gasteiger partial charge is 0.253 e. The number of anilines is 1. The van der Waals surface area contributed by atoms with E-state index in [0.717, 1.165) is 11.1 Å². The minimum absolute atomic E-state index is 0.441. The van der Waals surface area contributed by atoms with Crippen molar-refractivity contribution in [3.8, 4) is 5.75 Å². The molecule has 0 spiro atoms. The molecule has 4 nitrogen and oxygen atoms in total. The SMILES string of the molecule is COc1c(C)cc(C)cc1NC(=O)C(C)O. The molecule has 1 rings (SSSR count). The van der Waals surface area contributed by atoms with Gasteiger partial charge < -0.3 is 15.2 Å². The van der Waals surface area contributed by atoms with Gasteiger partial charge in [0.2, 0.25) is 0 Å². The molecule has 1 amide bonds. The molecule has 0 saturated carbocycles. The third-order valence-corrected chi connectivity index (χ3v) is 2.26. The Morgan fingerprint density at radius 1 is 1.44 bits per heavy atom. The van der Waals surface area contributed by atoms with Crippen molar-refractivity contribution in [2.75, 3.05) is 12.4 Å². The van der Waals surface area contributed by atoms with Gasteiger partial charge in [0.25, 0.3) is 5.91 Å². The molecule has 0 bridgehead atoms. The van der Waals surface area contributed by atoms with Gasteiger partial charge in [-0.05, 0) is 38.0 Å². The van der Waals surface area contributed by atoms with Crippen LogP contribution in [0.15, 0.2) is 12.1 Å². The molecule has 4 heteroatoms. The minimum Gasteiger partial charge on any atom is -0.494 e. The highest BCUT2D eigenvalue weighted by Crippen LogP contribution is 2.29. The highest BCUT2D eigenvalue weighted by molar-refractivity contribution is 5.95. The summed E-state index contributed by atoms with van der Waals surface area (Å²) < 4.78 is 5.22. The van der Waals surface area contributed by atoms with Crippen LogP contribution in [0.2, 0.25) is 0 Å². The largest absolute Gasteiger partial charge is 0.494 e. The molecule has 16 heavy (non-hydrogen) atoms. The van der Waals surface area contributed by atoms with Crippen LogP contribution in [0.25, 0.3) is 0 Å². The monoisotopic (exact) mass is 223 g/mol. The predicted molar refractivity (Wildman–Crippen MR) is 62.8 cm³/mol. The summed E-state index contributed by atoms with van der Waals surface area (Å²) in [6, 6.07) is 3.78. The highest BCUT2D eigenvalue weighted by atomic mass is 16.5. The molecule has 0 saturated heterocycles. The molecule has 1 unspecified atom stereocenters. The molecule has 0 heterocycles. The van der Waals surface area contributed by atoms with Gasteiger partial charge in [-0.2, -0.15) is 0 Å². The summed E-state index contributed by atoms with van der Waals surface area (Å²) in [6.45, 7) is 5.26. The number of hydrogen-bond acceptors (Lipinski definition) is 3. The maximum absolute atomic E-state index is 11.4. The fourth-order valence-electron chi connectivity index (χ4n) is 1.56. The summed E-state index contributed by atoms with van der Waals surface area (Å²) in [5.41, 5.74) is 2.56. The Balaban J connectivity index is 3.07. The molecule has 0 aliphatic rings. The summed E-state index contributed by atoms with van der Waals surface area (Å²) in [6.07, 6.45) is -1.04. The Morgan fingerprint density at radius 3 is 2.56 bits per heavy atom. The van der Waals surface area contributed by atoms with Crippen LogP contribution in [0.1, 0.15) is 18.1 Å². The van der Waals surface area contributed by atoms with Crippen LogP contribution in [0.4, 0.5) is 5.69 Å². The van der Waals surface area contributed by atoms with Gasteiger partial charge in [0.1, 0.15) is 11.9 Å². The first-order valence-electron chi connectivity index (χ1n) is 5.10. The van der Waals surface area contributed by atoms with Crippen molar-refractivity contribution in [3.63, 3.8) is 0 Å². The van der Waals surface area contributed by atoms with Crippen molar-refractivity contribution >= 4 is 11.6 Å². The lowest BCUT2D eigenvalue weighted by atomic mass is 10.1. The zero-order valence-corrected chi connectivity index (χ0v) is 10.00. The van der Waals surface area contributed by atoms with Gasteiger partial charge in [-0.1, -0.05) is 6.07 Å². The maximum atomic E-state index is 11.4. The summed E-state index contributed by atoms with van der Waals surface area (Å²) >= 11 is 0. The Morgan fingerprint density at radius 2 is 2.06 bits per heavy atom. The number of ether oxygens (including phenoxy) is 1. The van der Waals surface area contributed by atoms with Gasteiger partial charge in [-0.3, -0.25) is 4.79 Å². The average Bonchev–Trinajstić information content (AvgIpc) is 2.16. The van der Waals surface area contributed by atoms with E-state index >= 15 is 0 Å². The quantitative estimate of drug-likeness (QED) is 0.818. The number of aliphatic hydroxyl groups excluding tert-OH is 1. The Labute approximate surface area is 95.2 Å². The molecule has 2 N–H and O–H groups in total. The summed E-state index contributed by atoms with van der Waals surface area (Å²) in [5, 5.41) is 11.8. The average molecular weight is 223 g/mol. The van der Waals surface area contributed by atoms with Crippen molar-refractivity contribution in [2.24, 2.45) is 0 Å². The van der Waals surface area contributed by atoms with Gasteiger partial charge in [0.05, 0.1) is 12.8 Å². The molecule has 0 aliphatic carbocycles. The van der Waals surface area contributed by atoms with E-state index in [1.165, 1.54) is 6.92 Å². The van der Waals surface area contributed by atoms with Crippen molar-refractivity contribution in [3.05, 3.63) is 23.3 Å². The summed E-state index contributed by atoms with van der Waals surface area (Å²) in [4.78, 5) is 11.4. The van der Waals surface area contributed by atoms with E-state index in [9.17, 15) is 4.79 Å². The van der Waals surface area contributed by atoms with E-state index in [-0.39, 0.29) is 0 Å². The zero-order chi connectivity index (χ0) is 12.3. The molecule has 0 aromatic heterocycles. The third kappa shape index (κ3) is 2.73. The molecule has 1 atom stereocenters. The maximum Gasteiger partial charge on any atom is 0.253 e. The molecular formula is C12H17NO3. The lowest BCUT2D eigenvalue weighted by Gasteiger charge is -2.14. The first kappa shape index (κ1) is 12.5. The van der Waals surface area contributed by atoms with Crippen LogP contribution in [0.3, 0.4) is 0 Å². The molecule has 0 fully saturated rings. The topological polar surface area (TPSA) is 58.6 Å². The number of carbonyl (C=O) groups is 1. The van der Waals surface area contributed by atoms with Crippen LogP contribution < -0.4 is 10.1 Å². The second kappa shape index (κ2) is 4.99. The lowest BCUT2D eigenvalue weighted by molar-refractivity contribution is -0.123. The zero-order valence-electron chi connectivity index (χ0n) is 10.00. The van der Waals surface area contributed by atoms with Gasteiger partial charge in [-0.15, -0.1) is 0 Å². The van der Waals surface area contributed by atoms with Gasteiger partial charge in [-0.25, -0.2) is 0 Å². The van der Waals surface area contributed by atoms with Crippen LogP contribution in [-0.4, -0.2) is 24.2 Å². The summed E-state index contributed by atoms with van der Waals surface area (Å²) in [7, 11) is 1.55. The van der Waals surface area contributed by atoms with Crippen molar-refractivity contribution < 1.29 is 14.6 Å². The van der Waals surface area contributed by atoms with Gasteiger partial charge in [0.15, 0.2) is 0 Å². The third-order valence-electron chi connectivity index (χ3n) is 2.26. The Bertz CT molecular complexity index is 399. The van der Waals surface area contributed by atoms with E-state index in [2.05, 4.69) is 5.32 Å². The number of aryl methyl sites for hydroxylation is 2. The lowest BCUT2D eigenvalue weighted by Crippen LogP contribution is -2.24. The number of rotatable bonds is 3. The Kier molecular flexibility index (Phi) is 3.90. The van der Waals surface area contributed by atoms with E-state index in [1.807, 2.05) is 26.0 Å². The van der Waals surface area contributed by atoms with E-state index in [4.69, 9.17) is 9.84 Å². The first-order valence-corrected chi connectivity index (χ1v) is 5.10. The molecule has 88 valence electrons. The van der Waals surface area contributed by atoms with E-state index in [0.29, 0.717) is 11.4 Å². The molecule has 1 aromatic rings. The number of benzene rings is 1. The van der Waals surface area contributed by atoms with Crippen LogP contribution >= 0.6 is 0 Å². The fourth-order valence-corrected chi connectivity index (χ4v) is 1.56. The first-order chi connectivity index (χ1) is 7.45. The van der Waals surface area contributed by atoms with Crippen LogP contribution in [-0.2, 0) is 4.79 Å². The number of carbonyl (C=O) groups excluding carboxylic acids is 1. The van der Waals surface area contributed by atoms with Crippen LogP contribution in [0.5, 0.6) is 5.75 Å². The standard InChI is InChI=1S/C12H17NO3/c1-7-5-8(2)11(16-4)10(6-7)13-12(15)9(3)14/h5-6,9,14H,1-4H3,(H,13,15). The van der Waals surface area contributed by atoms with Crippen molar-refractivity contribution in [2.45, 2.75) is 26.9 Å². The summed E-state index contributed by atoms with van der Waals surface area (Å²) in [5.74, 6) is 0.183. The van der Waals surface area contributed by atoms with E-state index < -0.39 is 12.0 Å². The number of amides is 1. The normalized spacial score (nSPS) is 12.1. The molecule has 0 radical (unpaired) electrons. The Hall–Kier alpha value is -1.55. The second-order valence-corrected chi connectivity index (χ2v) is 3.83. The second-order valence-electron chi connectivity index (χ2n) is 3.83. The predicted octanol–water partition coefficient (Wildman–Crippen LogP) is 1.63. The molecule has 0 aliphatic heterocycles. The number of methoxy groups -OCH3 is 1. The number of nitrogens with one attached hydrogen (secondary N) is 1. The van der Waals surface area contributed by atoms with Gasteiger partial charge in [0, 0.05) is 0 Å². The van der Waals surface area contributed by atoms with E-state index in [1.54, 1.807) is 7.11 Å². The van der Waals surface area contributed by atoms with Crippen molar-refractivity contribution in [1.29, 1.82) is 0 Å².